The van der Waals surface area contributed by atoms with Gasteiger partial charge in [-0.2, -0.15) is 19.2 Å². The highest BCUT2D eigenvalue weighted by Crippen LogP contribution is 2.24. The van der Waals surface area contributed by atoms with Crippen LogP contribution in [-0.4, -0.2) is 37.5 Å². The molecule has 0 aliphatic rings. The van der Waals surface area contributed by atoms with E-state index in [9.17, 15) is 0 Å². The Balaban J connectivity index is -0.0000000425. The highest BCUT2D eigenvalue weighted by Gasteiger charge is 2.37. The van der Waals surface area contributed by atoms with Gasteiger partial charge in [-0.3, -0.25) is 0 Å². The average Bonchev–Trinajstić information content (AvgIpc) is 2.23. The van der Waals surface area contributed by atoms with Crippen molar-refractivity contribution in [1.82, 2.24) is 0 Å². The normalized spacial score (nSPS) is 9.03. The van der Waals surface area contributed by atoms with E-state index < -0.39 is 25.2 Å². The van der Waals surface area contributed by atoms with Gasteiger partial charge in [0, 0.05) is 0 Å². The van der Waals surface area contributed by atoms with Gasteiger partial charge in [-0.15, -0.1) is 0 Å². The summed E-state index contributed by atoms with van der Waals surface area (Å²) in [6.45, 7) is 20.4. The van der Waals surface area contributed by atoms with Crippen molar-refractivity contribution in [2.45, 2.75) is 117 Å². The van der Waals surface area contributed by atoms with Crippen molar-refractivity contribution >= 4 is 37.5 Å². The summed E-state index contributed by atoms with van der Waals surface area (Å²) < 4.78 is 12.7. The number of hydrogen-bond acceptors (Lipinski definition) is 6. The van der Waals surface area contributed by atoms with Crippen LogP contribution in [0.5, 0.6) is 0 Å². The first-order chi connectivity index (χ1) is 10.2. The lowest BCUT2D eigenvalue weighted by atomic mass is 10.2. The standard InChI is InChI=1S/C12H32O2Si3.2CO2.6CH4/c1-12(2)10-11-16(6,7)14-17(8,9)13-15(3,4)5;2*2-1-3;;;;;;/h12H,10-11H2,1-9H3;;;6*1H4. The zero-order chi connectivity index (χ0) is 19.3. The Hall–Kier alpha value is -0.669. The maximum atomic E-state index is 8.12. The average molecular weight is 477 g/mol. The minimum Gasteiger partial charge on any atom is -0.437 e. The van der Waals surface area contributed by atoms with Crippen LogP contribution in [0.3, 0.4) is 0 Å². The molecule has 0 aromatic heterocycles. The lowest BCUT2D eigenvalue weighted by Crippen LogP contribution is -2.51. The zero-order valence-corrected chi connectivity index (χ0v) is 18.9. The predicted molar refractivity (Wildman–Crippen MR) is 135 cm³/mol. The Morgan fingerprint density at radius 2 is 0.931 bits per heavy atom. The fourth-order valence-electron chi connectivity index (χ4n) is 2.11. The summed E-state index contributed by atoms with van der Waals surface area (Å²) in [7, 11) is -4.94. The molecule has 0 heterocycles. The largest absolute Gasteiger partial charge is 0.437 e. The molecular formula is C20H56O6Si3. The Morgan fingerprint density at radius 1 is 0.655 bits per heavy atom. The predicted octanol–water partition coefficient (Wildman–Crippen LogP) is 7.46. The third-order valence-corrected chi connectivity index (χ3v) is 12.5. The van der Waals surface area contributed by atoms with E-state index in [1.807, 2.05) is 0 Å². The van der Waals surface area contributed by atoms with E-state index in [1.54, 1.807) is 0 Å². The second-order valence-electron chi connectivity index (χ2n) is 7.58. The van der Waals surface area contributed by atoms with Crippen molar-refractivity contribution in [3.63, 3.8) is 0 Å². The summed E-state index contributed by atoms with van der Waals surface area (Å²) in [4.78, 5) is 32.5. The van der Waals surface area contributed by atoms with Gasteiger partial charge in [-0.05, 0) is 57.8 Å². The van der Waals surface area contributed by atoms with Crippen molar-refractivity contribution in [3.8, 4) is 0 Å². The van der Waals surface area contributed by atoms with E-state index in [1.165, 1.54) is 12.5 Å². The van der Waals surface area contributed by atoms with Gasteiger partial charge in [0.05, 0.1) is 0 Å². The van der Waals surface area contributed by atoms with Crippen LogP contribution in [0.2, 0.25) is 51.9 Å². The molecule has 0 saturated heterocycles. The van der Waals surface area contributed by atoms with Gasteiger partial charge in [-0.25, -0.2) is 0 Å². The van der Waals surface area contributed by atoms with Crippen LogP contribution < -0.4 is 0 Å². The molecule has 0 aromatic carbocycles. The molecule has 0 N–H and O–H groups in total. The van der Waals surface area contributed by atoms with Crippen molar-refractivity contribution in [2.75, 3.05) is 0 Å². The quantitative estimate of drug-likeness (QED) is 0.354. The van der Waals surface area contributed by atoms with Gasteiger partial charge in [0.2, 0.25) is 0 Å². The molecule has 6 nitrogen and oxygen atoms in total. The van der Waals surface area contributed by atoms with Crippen LogP contribution in [0.25, 0.3) is 0 Å². The van der Waals surface area contributed by atoms with Crippen LogP contribution in [0, 0.1) is 5.92 Å². The van der Waals surface area contributed by atoms with E-state index >= 15 is 0 Å². The van der Waals surface area contributed by atoms with Gasteiger partial charge in [0.25, 0.3) is 0 Å². The molecule has 0 unspecified atom stereocenters. The molecule has 29 heavy (non-hydrogen) atoms. The lowest BCUT2D eigenvalue weighted by molar-refractivity contribution is -0.193. The molecule has 0 aliphatic heterocycles. The van der Waals surface area contributed by atoms with Crippen LogP contribution in [0.1, 0.15) is 64.8 Å². The third kappa shape index (κ3) is 58.4. The smallest absolute Gasteiger partial charge is 0.373 e. The van der Waals surface area contributed by atoms with E-state index in [2.05, 4.69) is 59.7 Å². The molecule has 184 valence electrons. The SMILES string of the molecule is C.C.C.C.C.C.CC(C)CC[Si](C)(C)O[Si](C)(C)O[Si](C)(C)C.O=C=O.O=C=O. The number of hydrogen-bond donors (Lipinski definition) is 0. The Labute approximate surface area is 187 Å². The lowest BCUT2D eigenvalue weighted by Gasteiger charge is -2.37. The fraction of sp³-hybridized carbons (Fsp3) is 0.900. The van der Waals surface area contributed by atoms with Crippen LogP contribution >= 0.6 is 0 Å². The van der Waals surface area contributed by atoms with Crippen LogP contribution in [0.15, 0.2) is 0 Å². The Morgan fingerprint density at radius 3 is 1.14 bits per heavy atom. The molecule has 0 rings (SSSR count). The van der Waals surface area contributed by atoms with Crippen molar-refractivity contribution in [2.24, 2.45) is 5.92 Å². The van der Waals surface area contributed by atoms with Crippen molar-refractivity contribution in [3.05, 3.63) is 0 Å². The molecule has 0 amide bonds. The van der Waals surface area contributed by atoms with Gasteiger partial charge in [0.15, 0.2) is 16.6 Å². The summed E-state index contributed by atoms with van der Waals surface area (Å²) in [6, 6.07) is 1.25. The van der Waals surface area contributed by atoms with Gasteiger partial charge >= 0.3 is 20.9 Å². The van der Waals surface area contributed by atoms with E-state index in [0.29, 0.717) is 0 Å². The molecular weight excluding hydrogens is 420 g/mol. The molecule has 0 atom stereocenters. The van der Waals surface area contributed by atoms with Gasteiger partial charge < -0.3 is 8.23 Å². The molecule has 0 radical (unpaired) electrons. The zero-order valence-electron chi connectivity index (χ0n) is 15.9. The molecule has 0 aliphatic carbocycles. The van der Waals surface area contributed by atoms with E-state index in [-0.39, 0.29) is 56.9 Å². The Kier molecular flexibility index (Phi) is 53.4. The van der Waals surface area contributed by atoms with E-state index in [0.717, 1.165) is 5.92 Å². The van der Waals surface area contributed by atoms with E-state index in [4.69, 9.17) is 27.4 Å². The maximum Gasteiger partial charge on any atom is 0.373 e. The highest BCUT2D eigenvalue weighted by atomic mass is 28.5. The summed E-state index contributed by atoms with van der Waals surface area (Å²) in [6.07, 6.45) is 1.77. The molecule has 0 spiro atoms. The first-order valence-corrected chi connectivity index (χ1v) is 16.9. The fourth-order valence-corrected chi connectivity index (χ4v) is 15.6. The number of carbonyl (C=O) groups excluding carboxylic acids is 4. The Bertz CT molecular complexity index is 368. The monoisotopic (exact) mass is 476 g/mol. The molecule has 0 aromatic rings. The number of rotatable bonds is 7. The van der Waals surface area contributed by atoms with Crippen LogP contribution in [-0.2, 0) is 27.4 Å². The van der Waals surface area contributed by atoms with Gasteiger partial charge in [-0.1, -0.05) is 64.8 Å². The summed E-state index contributed by atoms with van der Waals surface area (Å²) >= 11 is 0. The minimum atomic E-state index is -1.92. The highest BCUT2D eigenvalue weighted by molar-refractivity contribution is 6.87. The second kappa shape index (κ2) is 27.3. The van der Waals surface area contributed by atoms with Crippen molar-refractivity contribution < 1.29 is 27.4 Å². The van der Waals surface area contributed by atoms with Crippen LogP contribution in [0.4, 0.5) is 0 Å². The molecule has 0 saturated carbocycles. The van der Waals surface area contributed by atoms with Gasteiger partial charge in [0.1, 0.15) is 0 Å². The maximum absolute atomic E-state index is 8.12. The summed E-state index contributed by atoms with van der Waals surface area (Å²) in [5.41, 5.74) is 0. The summed E-state index contributed by atoms with van der Waals surface area (Å²) in [5.74, 6) is 0.771. The first kappa shape index (κ1) is 56.6. The summed E-state index contributed by atoms with van der Waals surface area (Å²) in [5, 5.41) is 0. The molecule has 0 fully saturated rings. The topological polar surface area (TPSA) is 86.7 Å². The molecule has 9 heteroatoms. The first-order valence-electron chi connectivity index (χ1n) is 7.55. The molecule has 0 bridgehead atoms. The second-order valence-corrected chi connectivity index (χ2v) is 20.3. The van der Waals surface area contributed by atoms with Crippen molar-refractivity contribution in [1.29, 1.82) is 0 Å². The minimum absolute atomic E-state index is 0. The third-order valence-electron chi connectivity index (χ3n) is 2.40.